The maximum Gasteiger partial charge on any atom is 0.341 e. The van der Waals surface area contributed by atoms with Gasteiger partial charge >= 0.3 is 5.97 Å². The number of hydrogen-bond acceptors (Lipinski definition) is 7. The monoisotopic (exact) mass is 805 g/mol. The van der Waals surface area contributed by atoms with Gasteiger partial charge in [0, 0.05) is 37.1 Å². The van der Waals surface area contributed by atoms with Crippen molar-refractivity contribution < 1.29 is 23.9 Å². The van der Waals surface area contributed by atoms with Gasteiger partial charge in [-0.3, -0.25) is 14.4 Å². The van der Waals surface area contributed by atoms with Crippen LogP contribution in [-0.2, 0) is 14.3 Å². The Labute approximate surface area is 336 Å². The van der Waals surface area contributed by atoms with Crippen LogP contribution in [0.15, 0.2) is 143 Å². The summed E-state index contributed by atoms with van der Waals surface area (Å²) in [6.07, 6.45) is 1.47. The van der Waals surface area contributed by atoms with Gasteiger partial charge in [-0.25, -0.2) is 4.79 Å². The van der Waals surface area contributed by atoms with Crippen molar-refractivity contribution in [1.82, 2.24) is 5.32 Å². The largest absolute Gasteiger partial charge is 0.465 e. The van der Waals surface area contributed by atoms with E-state index < -0.39 is 23.0 Å². The van der Waals surface area contributed by atoms with Crippen molar-refractivity contribution in [3.8, 4) is 11.1 Å². The fourth-order valence-electron chi connectivity index (χ4n) is 5.48. The molecule has 0 radical (unpaired) electrons. The zero-order valence-corrected chi connectivity index (χ0v) is 32.6. The summed E-state index contributed by atoms with van der Waals surface area (Å²) in [7, 11) is 1.31. The number of thioether (sulfide) groups is 1. The third-order valence-corrected chi connectivity index (χ3v) is 11.0. The average Bonchev–Trinajstić information content (AvgIpc) is 3.61. The molecule has 6 aromatic rings. The van der Waals surface area contributed by atoms with Crippen molar-refractivity contribution in [3.63, 3.8) is 0 Å². The molecule has 5 aromatic carbocycles. The molecule has 0 saturated heterocycles. The zero-order chi connectivity index (χ0) is 38.9. The quantitative estimate of drug-likeness (QED) is 0.0645. The van der Waals surface area contributed by atoms with Gasteiger partial charge in [0.05, 0.1) is 7.11 Å². The Morgan fingerprint density at radius 3 is 2.20 bits per heavy atom. The number of benzene rings is 5. The molecule has 0 fully saturated rings. The van der Waals surface area contributed by atoms with E-state index >= 15 is 0 Å². The third kappa shape index (κ3) is 9.92. The van der Waals surface area contributed by atoms with Crippen molar-refractivity contribution >= 4 is 86.8 Å². The molecule has 0 aliphatic carbocycles. The molecule has 12 heteroatoms. The second-order valence-electron chi connectivity index (χ2n) is 12.1. The van der Waals surface area contributed by atoms with Gasteiger partial charge in [0.1, 0.15) is 21.5 Å². The van der Waals surface area contributed by atoms with E-state index in [1.807, 2.05) is 73.0 Å². The SMILES string of the molecule is COC(=O)c1c(-c2ccc(C)cc2)csc1NC(=O)C(Sc1cccc(NC(=O)/C(=C\c2ccc(Cl)cc2Cl)NC(=O)c2ccccc2)c1)c1ccccc1. The maximum absolute atomic E-state index is 14.2. The Balaban J connectivity index is 1.26. The number of halogens is 2. The van der Waals surface area contributed by atoms with Gasteiger partial charge in [-0.2, -0.15) is 0 Å². The van der Waals surface area contributed by atoms with Crippen LogP contribution in [-0.4, -0.2) is 30.8 Å². The van der Waals surface area contributed by atoms with E-state index in [0.29, 0.717) is 42.3 Å². The van der Waals surface area contributed by atoms with Crippen LogP contribution in [0.5, 0.6) is 0 Å². The first-order valence-corrected chi connectivity index (χ1v) is 19.3. The van der Waals surface area contributed by atoms with Crippen molar-refractivity contribution in [3.05, 3.63) is 176 Å². The molecule has 55 heavy (non-hydrogen) atoms. The second kappa shape index (κ2) is 18.1. The predicted octanol–water partition coefficient (Wildman–Crippen LogP) is 10.7. The van der Waals surface area contributed by atoms with Crippen molar-refractivity contribution in [2.45, 2.75) is 17.1 Å². The average molecular weight is 807 g/mol. The van der Waals surface area contributed by atoms with E-state index in [1.165, 1.54) is 36.3 Å². The molecule has 3 amide bonds. The van der Waals surface area contributed by atoms with Gasteiger partial charge in [0.25, 0.3) is 11.8 Å². The highest BCUT2D eigenvalue weighted by molar-refractivity contribution is 8.00. The van der Waals surface area contributed by atoms with Crippen molar-refractivity contribution in [2.24, 2.45) is 0 Å². The minimum absolute atomic E-state index is 0.0555. The number of carbonyl (C=O) groups excluding carboxylic acids is 4. The van der Waals surface area contributed by atoms with Crippen LogP contribution in [0.3, 0.4) is 0 Å². The first kappa shape index (κ1) is 39.1. The Kier molecular flexibility index (Phi) is 12.9. The summed E-state index contributed by atoms with van der Waals surface area (Å²) in [4.78, 5) is 54.8. The number of carbonyl (C=O) groups is 4. The van der Waals surface area contributed by atoms with Gasteiger partial charge < -0.3 is 20.7 Å². The van der Waals surface area contributed by atoms with E-state index in [9.17, 15) is 19.2 Å². The predicted molar refractivity (Wildman–Crippen MR) is 223 cm³/mol. The lowest BCUT2D eigenvalue weighted by Gasteiger charge is -2.18. The fraction of sp³-hybridized carbons (Fsp3) is 0.0698. The highest BCUT2D eigenvalue weighted by Gasteiger charge is 2.27. The number of ether oxygens (including phenoxy) is 1. The van der Waals surface area contributed by atoms with Gasteiger partial charge in [0.2, 0.25) is 5.91 Å². The minimum atomic E-state index is -0.754. The number of thiophene rings is 1. The van der Waals surface area contributed by atoms with Crippen LogP contribution in [0.4, 0.5) is 10.7 Å². The van der Waals surface area contributed by atoms with Crippen LogP contribution in [0, 0.1) is 6.92 Å². The number of amides is 3. The van der Waals surface area contributed by atoms with Crippen molar-refractivity contribution in [1.29, 1.82) is 0 Å². The summed E-state index contributed by atoms with van der Waals surface area (Å²) >= 11 is 15.0. The lowest BCUT2D eigenvalue weighted by molar-refractivity contribution is -0.116. The minimum Gasteiger partial charge on any atom is -0.465 e. The lowest BCUT2D eigenvalue weighted by atomic mass is 10.0. The summed E-state index contributed by atoms with van der Waals surface area (Å²) in [5.41, 5.74) is 4.75. The molecule has 276 valence electrons. The molecule has 3 N–H and O–H groups in total. The Morgan fingerprint density at radius 2 is 1.51 bits per heavy atom. The van der Waals surface area contributed by atoms with E-state index in [1.54, 1.807) is 66.7 Å². The molecule has 8 nitrogen and oxygen atoms in total. The normalized spacial score (nSPS) is 11.7. The third-order valence-electron chi connectivity index (χ3n) is 8.26. The van der Waals surface area contributed by atoms with Crippen LogP contribution < -0.4 is 16.0 Å². The van der Waals surface area contributed by atoms with E-state index in [4.69, 9.17) is 27.9 Å². The number of aryl methyl sites for hydroxylation is 1. The van der Waals surface area contributed by atoms with Crippen LogP contribution in [0.2, 0.25) is 10.0 Å². The summed E-state index contributed by atoms with van der Waals surface area (Å²) in [5.74, 6) is -2.01. The van der Waals surface area contributed by atoms with Gasteiger partial charge in [-0.05, 0) is 72.2 Å². The van der Waals surface area contributed by atoms with E-state index in [-0.39, 0.29) is 17.2 Å². The first-order valence-electron chi connectivity index (χ1n) is 16.8. The van der Waals surface area contributed by atoms with Gasteiger partial charge in [-0.15, -0.1) is 23.1 Å². The number of methoxy groups -OCH3 is 1. The van der Waals surface area contributed by atoms with Gasteiger partial charge in [0.15, 0.2) is 0 Å². The number of rotatable bonds is 12. The smallest absolute Gasteiger partial charge is 0.341 e. The Hall–Kier alpha value is -5.65. The summed E-state index contributed by atoms with van der Waals surface area (Å²) in [5, 5.41) is 10.7. The number of nitrogens with one attached hydrogen (secondary N) is 3. The molecular weight excluding hydrogens is 774 g/mol. The van der Waals surface area contributed by atoms with Crippen LogP contribution in [0.25, 0.3) is 17.2 Å². The molecule has 1 heterocycles. The van der Waals surface area contributed by atoms with Crippen LogP contribution in [0.1, 0.15) is 42.7 Å². The van der Waals surface area contributed by atoms with E-state index in [0.717, 1.165) is 16.7 Å². The van der Waals surface area contributed by atoms with Crippen molar-refractivity contribution in [2.75, 3.05) is 17.7 Å². The molecule has 1 atom stereocenters. The fourth-order valence-corrected chi connectivity index (χ4v) is 7.98. The zero-order valence-electron chi connectivity index (χ0n) is 29.5. The molecule has 0 aliphatic rings. The summed E-state index contributed by atoms with van der Waals surface area (Å²) in [6, 6.07) is 37.4. The Morgan fingerprint density at radius 1 is 0.800 bits per heavy atom. The number of esters is 1. The summed E-state index contributed by atoms with van der Waals surface area (Å²) < 4.78 is 5.13. The maximum atomic E-state index is 14.2. The highest BCUT2D eigenvalue weighted by atomic mass is 35.5. The summed E-state index contributed by atoms with van der Waals surface area (Å²) in [6.45, 7) is 1.98. The Bertz CT molecular complexity index is 2380. The molecular formula is C43H33Cl2N3O5S2. The van der Waals surface area contributed by atoms with Crippen LogP contribution >= 0.6 is 46.3 Å². The molecule has 6 rings (SSSR count). The van der Waals surface area contributed by atoms with Gasteiger partial charge in [-0.1, -0.05) is 114 Å². The second-order valence-corrected chi connectivity index (χ2v) is 15.0. The molecule has 0 bridgehead atoms. The highest BCUT2D eigenvalue weighted by Crippen LogP contribution is 2.40. The first-order chi connectivity index (χ1) is 26.6. The number of hydrogen-bond donors (Lipinski definition) is 3. The van der Waals surface area contributed by atoms with E-state index in [2.05, 4.69) is 16.0 Å². The topological polar surface area (TPSA) is 114 Å². The molecule has 0 saturated carbocycles. The molecule has 0 spiro atoms. The molecule has 0 aliphatic heterocycles. The standard InChI is InChI=1S/C43H33Cl2N3O5S2/c1-26-16-18-27(19-17-26)34-25-54-42(37(34)43(52)53-2)48-41(51)38(28-10-5-3-6-11-28)55-33-15-9-14-32(24-33)46-40(50)36(22-30-20-21-31(44)23-35(30)45)47-39(49)29-12-7-4-8-13-29/h3-25,38H,1-2H3,(H,46,50)(H,47,49)(H,48,51)/b36-22+. The lowest BCUT2D eigenvalue weighted by Crippen LogP contribution is -2.30. The molecule has 1 aromatic heterocycles. The number of anilines is 2. The molecule has 1 unspecified atom stereocenters.